The summed E-state index contributed by atoms with van der Waals surface area (Å²) in [4.78, 5) is 7.78. The number of aromatic nitrogens is 2. The van der Waals surface area contributed by atoms with E-state index < -0.39 is 0 Å². The second-order valence-corrected chi connectivity index (χ2v) is 4.05. The van der Waals surface area contributed by atoms with Gasteiger partial charge in [-0.25, -0.2) is 4.98 Å². The van der Waals surface area contributed by atoms with Gasteiger partial charge in [-0.2, -0.15) is 0 Å². The van der Waals surface area contributed by atoms with Crippen LogP contribution in [0.15, 0.2) is 0 Å². The smallest absolute Gasteiger partial charge is 0.108 e. The van der Waals surface area contributed by atoms with E-state index in [-0.39, 0.29) is 6.61 Å². The number of aliphatic hydroxyl groups is 1. The molecule has 0 aliphatic carbocycles. The van der Waals surface area contributed by atoms with Gasteiger partial charge in [-0.05, 0) is 19.8 Å². The number of hydrogen-bond acceptors (Lipinski definition) is 3. The van der Waals surface area contributed by atoms with Crippen LogP contribution in [0.1, 0.15) is 36.0 Å². The van der Waals surface area contributed by atoms with Crippen molar-refractivity contribution in [3.63, 3.8) is 0 Å². The molecule has 1 aromatic rings. The molecule has 1 aliphatic rings. The lowest BCUT2D eigenvalue weighted by atomic mass is 9.95. The Balaban J connectivity index is 2.11. The van der Waals surface area contributed by atoms with Crippen molar-refractivity contribution < 1.29 is 9.84 Å². The minimum absolute atomic E-state index is 0.153. The molecule has 0 amide bonds. The third kappa shape index (κ3) is 2.38. The molecule has 4 heteroatoms. The Morgan fingerprint density at radius 1 is 1.47 bits per heavy atom. The quantitative estimate of drug-likeness (QED) is 0.786. The largest absolute Gasteiger partial charge is 0.396 e. The van der Waals surface area contributed by atoms with E-state index >= 15 is 0 Å². The van der Waals surface area contributed by atoms with Crippen LogP contribution in [0.5, 0.6) is 0 Å². The van der Waals surface area contributed by atoms with Crippen molar-refractivity contribution in [2.24, 2.45) is 0 Å². The third-order valence-corrected chi connectivity index (χ3v) is 2.93. The van der Waals surface area contributed by atoms with E-state index in [0.29, 0.717) is 12.3 Å². The van der Waals surface area contributed by atoms with Gasteiger partial charge in [0.1, 0.15) is 5.82 Å². The molecular formula is C11H18N2O2. The van der Waals surface area contributed by atoms with Crippen molar-refractivity contribution >= 4 is 0 Å². The summed E-state index contributed by atoms with van der Waals surface area (Å²) in [5.74, 6) is 1.43. The number of hydrogen-bond donors (Lipinski definition) is 2. The number of nitrogens with zero attached hydrogens (tertiary/aromatic N) is 1. The van der Waals surface area contributed by atoms with Crippen molar-refractivity contribution in [2.75, 3.05) is 19.8 Å². The van der Waals surface area contributed by atoms with E-state index in [0.717, 1.165) is 37.6 Å². The minimum atomic E-state index is 0.153. The van der Waals surface area contributed by atoms with Gasteiger partial charge in [0.15, 0.2) is 0 Å². The van der Waals surface area contributed by atoms with Gasteiger partial charge in [0.2, 0.25) is 0 Å². The standard InChI is InChI=1S/C11H18N2O2/c1-8-11(9-3-6-15-7-4-9)13-10(12-8)2-5-14/h9,14H,2-7H2,1H3,(H,12,13). The van der Waals surface area contributed by atoms with E-state index in [1.807, 2.05) is 0 Å². The van der Waals surface area contributed by atoms with Crippen molar-refractivity contribution in [1.82, 2.24) is 9.97 Å². The highest BCUT2D eigenvalue weighted by Crippen LogP contribution is 2.27. The maximum atomic E-state index is 8.85. The van der Waals surface area contributed by atoms with Crippen LogP contribution in [-0.2, 0) is 11.2 Å². The maximum absolute atomic E-state index is 8.85. The number of H-pyrrole nitrogens is 1. The Morgan fingerprint density at radius 2 is 2.20 bits per heavy atom. The van der Waals surface area contributed by atoms with Crippen molar-refractivity contribution in [1.29, 1.82) is 0 Å². The van der Waals surface area contributed by atoms with Crippen LogP contribution in [0.2, 0.25) is 0 Å². The summed E-state index contributed by atoms with van der Waals surface area (Å²) < 4.78 is 5.34. The van der Waals surface area contributed by atoms with E-state index in [1.165, 1.54) is 5.69 Å². The summed E-state index contributed by atoms with van der Waals surface area (Å²) in [5, 5.41) is 8.85. The zero-order valence-corrected chi connectivity index (χ0v) is 9.12. The molecule has 2 rings (SSSR count). The van der Waals surface area contributed by atoms with E-state index in [4.69, 9.17) is 9.84 Å². The summed E-state index contributed by atoms with van der Waals surface area (Å²) >= 11 is 0. The first-order chi connectivity index (χ1) is 7.31. The minimum Gasteiger partial charge on any atom is -0.396 e. The summed E-state index contributed by atoms with van der Waals surface area (Å²) in [5.41, 5.74) is 2.31. The molecule has 0 spiro atoms. The van der Waals surface area contributed by atoms with Gasteiger partial charge >= 0.3 is 0 Å². The highest BCUT2D eigenvalue weighted by molar-refractivity contribution is 5.18. The Hall–Kier alpha value is -0.870. The van der Waals surface area contributed by atoms with E-state index in [9.17, 15) is 0 Å². The summed E-state index contributed by atoms with van der Waals surface area (Å²) in [6, 6.07) is 0. The molecule has 0 unspecified atom stereocenters. The van der Waals surface area contributed by atoms with Crippen LogP contribution < -0.4 is 0 Å². The lowest BCUT2D eigenvalue weighted by Gasteiger charge is -2.20. The Kier molecular flexibility index (Phi) is 3.38. The lowest BCUT2D eigenvalue weighted by molar-refractivity contribution is 0.0844. The van der Waals surface area contributed by atoms with Crippen LogP contribution in [0.25, 0.3) is 0 Å². The predicted octanol–water partition coefficient (Wildman–Crippen LogP) is 1.15. The number of aromatic amines is 1. The average molecular weight is 210 g/mol. The van der Waals surface area contributed by atoms with Gasteiger partial charge in [-0.1, -0.05) is 0 Å². The fourth-order valence-corrected chi connectivity index (χ4v) is 2.13. The molecule has 1 aliphatic heterocycles. The second kappa shape index (κ2) is 4.77. The molecule has 0 aromatic carbocycles. The SMILES string of the molecule is Cc1[nH]c(CCO)nc1C1CCOCC1. The molecule has 2 N–H and O–H groups in total. The normalized spacial score (nSPS) is 18.3. The molecule has 0 atom stereocenters. The predicted molar refractivity (Wildman–Crippen MR) is 56.9 cm³/mol. The van der Waals surface area contributed by atoms with Crippen molar-refractivity contribution in [3.05, 3.63) is 17.2 Å². The summed E-state index contributed by atoms with van der Waals surface area (Å²) in [7, 11) is 0. The summed E-state index contributed by atoms with van der Waals surface area (Å²) in [6.07, 6.45) is 2.73. The first-order valence-corrected chi connectivity index (χ1v) is 5.55. The highest BCUT2D eigenvalue weighted by Gasteiger charge is 2.20. The van der Waals surface area contributed by atoms with Crippen LogP contribution >= 0.6 is 0 Å². The molecule has 1 aromatic heterocycles. The molecule has 1 saturated heterocycles. The monoisotopic (exact) mass is 210 g/mol. The van der Waals surface area contributed by atoms with Crippen molar-refractivity contribution in [2.45, 2.75) is 32.1 Å². The number of rotatable bonds is 3. The molecule has 15 heavy (non-hydrogen) atoms. The number of aryl methyl sites for hydroxylation is 1. The summed E-state index contributed by atoms with van der Waals surface area (Å²) in [6.45, 7) is 3.89. The van der Waals surface area contributed by atoms with Gasteiger partial charge in [0.05, 0.1) is 12.3 Å². The van der Waals surface area contributed by atoms with Crippen LogP contribution in [0.3, 0.4) is 0 Å². The zero-order valence-electron chi connectivity index (χ0n) is 9.12. The Morgan fingerprint density at radius 3 is 2.87 bits per heavy atom. The maximum Gasteiger partial charge on any atom is 0.108 e. The molecule has 0 radical (unpaired) electrons. The van der Waals surface area contributed by atoms with Crippen LogP contribution in [0, 0.1) is 6.92 Å². The molecule has 0 bridgehead atoms. The molecule has 4 nitrogen and oxygen atoms in total. The molecule has 84 valence electrons. The van der Waals surface area contributed by atoms with Crippen LogP contribution in [-0.4, -0.2) is 34.9 Å². The van der Waals surface area contributed by atoms with Crippen LogP contribution in [0.4, 0.5) is 0 Å². The lowest BCUT2D eigenvalue weighted by Crippen LogP contribution is -2.15. The highest BCUT2D eigenvalue weighted by atomic mass is 16.5. The van der Waals surface area contributed by atoms with E-state index in [1.54, 1.807) is 0 Å². The Bertz CT molecular complexity index is 316. The number of imidazole rings is 1. The average Bonchev–Trinajstić information content (AvgIpc) is 2.61. The molecular weight excluding hydrogens is 192 g/mol. The molecule has 1 fully saturated rings. The van der Waals surface area contributed by atoms with E-state index in [2.05, 4.69) is 16.9 Å². The number of ether oxygens (including phenoxy) is 1. The van der Waals surface area contributed by atoms with Gasteiger partial charge in [-0.15, -0.1) is 0 Å². The Labute approximate surface area is 89.7 Å². The van der Waals surface area contributed by atoms with Gasteiger partial charge in [0.25, 0.3) is 0 Å². The number of aliphatic hydroxyl groups excluding tert-OH is 1. The first-order valence-electron chi connectivity index (χ1n) is 5.55. The zero-order chi connectivity index (χ0) is 10.7. The van der Waals surface area contributed by atoms with Gasteiger partial charge < -0.3 is 14.8 Å². The van der Waals surface area contributed by atoms with Crippen molar-refractivity contribution in [3.8, 4) is 0 Å². The molecule has 0 saturated carbocycles. The first kappa shape index (κ1) is 10.6. The third-order valence-electron chi connectivity index (χ3n) is 2.93. The van der Waals surface area contributed by atoms with Gasteiger partial charge in [-0.3, -0.25) is 0 Å². The fourth-order valence-electron chi connectivity index (χ4n) is 2.13. The second-order valence-electron chi connectivity index (χ2n) is 4.05. The molecule has 2 heterocycles. The van der Waals surface area contributed by atoms with Gasteiger partial charge in [0, 0.05) is 31.2 Å². The topological polar surface area (TPSA) is 58.1 Å². The number of nitrogens with one attached hydrogen (secondary N) is 1. The fraction of sp³-hybridized carbons (Fsp3) is 0.727.